The fourth-order valence-electron chi connectivity index (χ4n) is 1.67. The van der Waals surface area contributed by atoms with Gasteiger partial charge in [0.15, 0.2) is 0 Å². The van der Waals surface area contributed by atoms with Crippen molar-refractivity contribution >= 4 is 5.82 Å². The molecule has 1 aromatic heterocycles. The van der Waals surface area contributed by atoms with Crippen LogP contribution in [-0.4, -0.2) is 11.0 Å². The molecule has 1 aromatic rings. The summed E-state index contributed by atoms with van der Waals surface area (Å²) in [5, 5.41) is 0. The van der Waals surface area contributed by atoms with Gasteiger partial charge in [0.2, 0.25) is 0 Å². The fraction of sp³-hybridized carbons (Fsp3) is 0.545. The first-order valence-corrected chi connectivity index (χ1v) is 5.29. The molecule has 1 unspecified atom stereocenters. The van der Waals surface area contributed by atoms with E-state index in [0.29, 0.717) is 11.7 Å². The summed E-state index contributed by atoms with van der Waals surface area (Å²) >= 11 is 0. The molecule has 84 valence electrons. The van der Waals surface area contributed by atoms with E-state index in [4.69, 9.17) is 11.6 Å². The normalized spacial score (nSPS) is 13.1. The maximum Gasteiger partial charge on any atom is 0.126 e. The minimum absolute atomic E-state index is 0.261. The highest BCUT2D eigenvalue weighted by Crippen LogP contribution is 2.13. The van der Waals surface area contributed by atoms with Gasteiger partial charge in [-0.25, -0.2) is 4.98 Å². The van der Waals surface area contributed by atoms with Crippen molar-refractivity contribution in [3.8, 4) is 0 Å². The molecule has 0 fully saturated rings. The Labute approximate surface area is 91.0 Å². The highest BCUT2D eigenvalue weighted by atomic mass is 15.2. The first-order chi connectivity index (χ1) is 7.13. The van der Waals surface area contributed by atoms with Crippen LogP contribution in [0, 0.1) is 5.92 Å². The third-order valence-electron chi connectivity index (χ3n) is 2.38. The molecule has 0 aliphatic carbocycles. The Morgan fingerprint density at radius 1 is 1.47 bits per heavy atom. The Balaban J connectivity index is 2.62. The second kappa shape index (κ2) is 5.68. The lowest BCUT2D eigenvalue weighted by Crippen LogP contribution is -2.37. The topological polar surface area (TPSA) is 77.0 Å². The lowest BCUT2D eigenvalue weighted by Gasteiger charge is -2.18. The van der Waals surface area contributed by atoms with Gasteiger partial charge in [0.1, 0.15) is 5.82 Å². The number of nitrogens with one attached hydrogen (secondary N) is 1. The number of hydrogen-bond donors (Lipinski definition) is 3. The summed E-state index contributed by atoms with van der Waals surface area (Å²) in [5.41, 5.74) is 9.66. The molecular formula is C11H20N4. The quantitative estimate of drug-likeness (QED) is 0.500. The lowest BCUT2D eigenvalue weighted by atomic mass is 9.98. The summed E-state index contributed by atoms with van der Waals surface area (Å²) in [6.07, 6.45) is 3.56. The summed E-state index contributed by atoms with van der Waals surface area (Å²) in [6.45, 7) is 4.36. The average molecular weight is 208 g/mol. The molecule has 0 aromatic carbocycles. The molecule has 0 bridgehead atoms. The molecule has 4 nitrogen and oxygen atoms in total. The number of nitrogens with two attached hydrogens (primary N) is 2. The zero-order valence-corrected chi connectivity index (χ0v) is 9.40. The van der Waals surface area contributed by atoms with Crippen LogP contribution >= 0.6 is 0 Å². The number of hydrazine groups is 1. The molecule has 4 heteroatoms. The van der Waals surface area contributed by atoms with E-state index in [0.717, 1.165) is 18.4 Å². The minimum Gasteiger partial charge on any atom is -0.383 e. The van der Waals surface area contributed by atoms with Crippen molar-refractivity contribution in [3.05, 3.63) is 23.9 Å². The number of aromatic nitrogens is 1. The Hall–Kier alpha value is -1.13. The van der Waals surface area contributed by atoms with Crippen molar-refractivity contribution in [2.24, 2.45) is 11.8 Å². The highest BCUT2D eigenvalue weighted by Gasteiger charge is 2.11. The fourth-order valence-corrected chi connectivity index (χ4v) is 1.67. The number of anilines is 1. The van der Waals surface area contributed by atoms with Gasteiger partial charge in [-0.15, -0.1) is 0 Å². The minimum atomic E-state index is 0.261. The van der Waals surface area contributed by atoms with Gasteiger partial charge in [-0.05, 0) is 30.4 Å². The van der Waals surface area contributed by atoms with Gasteiger partial charge in [-0.2, -0.15) is 0 Å². The van der Waals surface area contributed by atoms with Gasteiger partial charge in [-0.1, -0.05) is 19.9 Å². The third kappa shape index (κ3) is 3.85. The second-order valence-corrected chi connectivity index (χ2v) is 4.25. The summed E-state index contributed by atoms with van der Waals surface area (Å²) in [5.74, 6) is 6.72. The summed E-state index contributed by atoms with van der Waals surface area (Å²) < 4.78 is 0. The zero-order valence-electron chi connectivity index (χ0n) is 9.40. The van der Waals surface area contributed by atoms with Crippen LogP contribution in [0.25, 0.3) is 0 Å². The molecule has 1 rings (SSSR count). The number of nitrogen functional groups attached to an aromatic ring is 1. The van der Waals surface area contributed by atoms with E-state index < -0.39 is 0 Å². The lowest BCUT2D eigenvalue weighted by molar-refractivity contribution is 0.423. The molecule has 5 N–H and O–H groups in total. The predicted molar refractivity (Wildman–Crippen MR) is 62.9 cm³/mol. The van der Waals surface area contributed by atoms with Crippen LogP contribution < -0.4 is 17.0 Å². The van der Waals surface area contributed by atoms with E-state index >= 15 is 0 Å². The molecule has 1 heterocycles. The molecule has 0 spiro atoms. The van der Waals surface area contributed by atoms with Gasteiger partial charge < -0.3 is 5.73 Å². The van der Waals surface area contributed by atoms with Crippen molar-refractivity contribution < 1.29 is 0 Å². The predicted octanol–water partition coefficient (Wildman–Crippen LogP) is 1.08. The van der Waals surface area contributed by atoms with E-state index in [9.17, 15) is 0 Å². The largest absolute Gasteiger partial charge is 0.383 e. The monoisotopic (exact) mass is 208 g/mol. The van der Waals surface area contributed by atoms with Gasteiger partial charge in [0.25, 0.3) is 0 Å². The van der Waals surface area contributed by atoms with E-state index in [1.165, 1.54) is 0 Å². The molecule has 1 atom stereocenters. The Bertz CT molecular complexity index is 298. The zero-order chi connectivity index (χ0) is 11.3. The summed E-state index contributed by atoms with van der Waals surface area (Å²) in [6, 6.07) is 4.15. The van der Waals surface area contributed by atoms with Crippen molar-refractivity contribution in [3.63, 3.8) is 0 Å². The van der Waals surface area contributed by atoms with Crippen LogP contribution in [0.2, 0.25) is 0 Å². The van der Waals surface area contributed by atoms with E-state index in [-0.39, 0.29) is 6.04 Å². The van der Waals surface area contributed by atoms with Crippen molar-refractivity contribution in [1.82, 2.24) is 10.4 Å². The molecular weight excluding hydrogens is 188 g/mol. The number of rotatable bonds is 5. The van der Waals surface area contributed by atoms with Crippen LogP contribution in [0.3, 0.4) is 0 Å². The number of hydrogen-bond acceptors (Lipinski definition) is 4. The standard InChI is InChI=1S/C11H20N4/c1-8(2)6-10(15-13)7-9-4-3-5-14-11(9)12/h3-5,8,10,15H,6-7,13H2,1-2H3,(H2,12,14). The van der Waals surface area contributed by atoms with Gasteiger partial charge in [-0.3, -0.25) is 11.3 Å². The van der Waals surface area contributed by atoms with E-state index in [1.54, 1.807) is 6.20 Å². The molecule has 0 radical (unpaired) electrons. The Morgan fingerprint density at radius 2 is 2.20 bits per heavy atom. The first-order valence-electron chi connectivity index (χ1n) is 5.29. The molecule has 0 aliphatic heterocycles. The highest BCUT2D eigenvalue weighted by molar-refractivity contribution is 5.38. The molecule has 15 heavy (non-hydrogen) atoms. The summed E-state index contributed by atoms with van der Waals surface area (Å²) in [4.78, 5) is 4.05. The van der Waals surface area contributed by atoms with Gasteiger partial charge in [0, 0.05) is 12.2 Å². The Morgan fingerprint density at radius 3 is 2.73 bits per heavy atom. The first kappa shape index (κ1) is 11.9. The molecule has 0 saturated carbocycles. The molecule has 0 amide bonds. The van der Waals surface area contributed by atoms with Gasteiger partial charge in [0.05, 0.1) is 0 Å². The average Bonchev–Trinajstić information content (AvgIpc) is 2.19. The van der Waals surface area contributed by atoms with E-state index in [1.807, 2.05) is 12.1 Å². The van der Waals surface area contributed by atoms with Crippen LogP contribution in [0.5, 0.6) is 0 Å². The van der Waals surface area contributed by atoms with Crippen molar-refractivity contribution in [2.45, 2.75) is 32.7 Å². The smallest absolute Gasteiger partial charge is 0.126 e. The van der Waals surface area contributed by atoms with Crippen LogP contribution in [-0.2, 0) is 6.42 Å². The maximum atomic E-state index is 5.77. The second-order valence-electron chi connectivity index (χ2n) is 4.25. The number of pyridine rings is 1. The Kier molecular flexibility index (Phi) is 4.52. The third-order valence-corrected chi connectivity index (χ3v) is 2.38. The molecule has 0 aliphatic rings. The maximum absolute atomic E-state index is 5.77. The van der Waals surface area contributed by atoms with E-state index in [2.05, 4.69) is 24.3 Å². The van der Waals surface area contributed by atoms with Crippen LogP contribution in [0.15, 0.2) is 18.3 Å². The van der Waals surface area contributed by atoms with Gasteiger partial charge >= 0.3 is 0 Å². The molecule has 0 saturated heterocycles. The number of nitrogens with zero attached hydrogens (tertiary/aromatic N) is 1. The SMILES string of the molecule is CC(C)CC(Cc1cccnc1N)NN. The van der Waals surface area contributed by atoms with Crippen LogP contribution in [0.1, 0.15) is 25.8 Å². The summed E-state index contributed by atoms with van der Waals surface area (Å²) in [7, 11) is 0. The van der Waals surface area contributed by atoms with Crippen molar-refractivity contribution in [2.75, 3.05) is 5.73 Å². The van der Waals surface area contributed by atoms with Crippen LogP contribution in [0.4, 0.5) is 5.82 Å². The van der Waals surface area contributed by atoms with Crippen molar-refractivity contribution in [1.29, 1.82) is 0 Å².